The fourth-order valence-electron chi connectivity index (χ4n) is 1.26. The lowest BCUT2D eigenvalue weighted by atomic mass is 10.2. The number of nitrogens with two attached hydrogens (primary N) is 1. The second kappa shape index (κ2) is 7.26. The highest BCUT2D eigenvalue weighted by atomic mass is 16.5. The van der Waals surface area contributed by atoms with Crippen LogP contribution < -0.4 is 10.5 Å². The van der Waals surface area contributed by atoms with Crippen molar-refractivity contribution < 1.29 is 9.47 Å². The summed E-state index contributed by atoms with van der Waals surface area (Å²) in [7, 11) is 0. The van der Waals surface area contributed by atoms with Gasteiger partial charge in [0.1, 0.15) is 12.4 Å². The highest BCUT2D eigenvalue weighted by molar-refractivity contribution is 5.28. The second-order valence-corrected chi connectivity index (χ2v) is 3.25. The first-order chi connectivity index (χ1) is 7.36. The van der Waals surface area contributed by atoms with Crippen molar-refractivity contribution in [3.05, 3.63) is 29.8 Å². The first kappa shape index (κ1) is 12.0. The normalized spacial score (nSPS) is 10.3. The average molecular weight is 209 g/mol. The molecule has 0 atom stereocenters. The van der Waals surface area contributed by atoms with Crippen LogP contribution in [-0.4, -0.2) is 26.4 Å². The molecule has 3 nitrogen and oxygen atoms in total. The fraction of sp³-hybridized carbons (Fsp3) is 0.500. The molecule has 1 rings (SSSR count). The Bertz CT molecular complexity index is 276. The Morgan fingerprint density at radius 3 is 2.80 bits per heavy atom. The summed E-state index contributed by atoms with van der Waals surface area (Å²) in [5.41, 5.74) is 6.58. The largest absolute Gasteiger partial charge is 0.491 e. The Kier molecular flexibility index (Phi) is 5.81. The number of hydrogen-bond donors (Lipinski definition) is 1. The summed E-state index contributed by atoms with van der Waals surface area (Å²) in [5.74, 6) is 0.908. The van der Waals surface area contributed by atoms with Gasteiger partial charge in [-0.2, -0.15) is 0 Å². The summed E-state index contributed by atoms with van der Waals surface area (Å²) in [6, 6.07) is 8.12. The zero-order chi connectivity index (χ0) is 10.9. The lowest BCUT2D eigenvalue weighted by Crippen LogP contribution is -2.13. The van der Waals surface area contributed by atoms with Gasteiger partial charge in [-0.05, 0) is 24.1 Å². The number of hydrogen-bond acceptors (Lipinski definition) is 3. The van der Waals surface area contributed by atoms with Gasteiger partial charge in [-0.1, -0.05) is 19.1 Å². The Morgan fingerprint density at radius 1 is 1.20 bits per heavy atom. The van der Waals surface area contributed by atoms with Crippen LogP contribution in [0.5, 0.6) is 5.75 Å². The molecule has 0 heterocycles. The van der Waals surface area contributed by atoms with Crippen molar-refractivity contribution in [1.29, 1.82) is 0 Å². The molecule has 1 aromatic rings. The van der Waals surface area contributed by atoms with Gasteiger partial charge in [0.2, 0.25) is 0 Å². The third-order valence-corrected chi connectivity index (χ3v) is 2.07. The Morgan fingerprint density at radius 2 is 2.07 bits per heavy atom. The maximum Gasteiger partial charge on any atom is 0.119 e. The van der Waals surface area contributed by atoms with Crippen LogP contribution in [0.1, 0.15) is 12.5 Å². The summed E-state index contributed by atoms with van der Waals surface area (Å²) in [6.45, 7) is 4.45. The van der Waals surface area contributed by atoms with Gasteiger partial charge >= 0.3 is 0 Å². The second-order valence-electron chi connectivity index (χ2n) is 3.25. The summed E-state index contributed by atoms with van der Waals surface area (Å²) in [5, 5.41) is 0. The van der Waals surface area contributed by atoms with Crippen molar-refractivity contribution in [2.24, 2.45) is 5.73 Å². The van der Waals surface area contributed by atoms with Gasteiger partial charge in [0.05, 0.1) is 13.2 Å². The minimum absolute atomic E-state index is 0.561. The van der Waals surface area contributed by atoms with Crippen LogP contribution in [0.2, 0.25) is 0 Å². The molecule has 0 spiro atoms. The lowest BCUT2D eigenvalue weighted by Gasteiger charge is -2.07. The Labute approximate surface area is 91.2 Å². The summed E-state index contributed by atoms with van der Waals surface area (Å²) >= 11 is 0. The van der Waals surface area contributed by atoms with Crippen molar-refractivity contribution in [3.63, 3.8) is 0 Å². The van der Waals surface area contributed by atoms with Gasteiger partial charge in [0.15, 0.2) is 0 Å². The number of benzene rings is 1. The van der Waals surface area contributed by atoms with E-state index in [-0.39, 0.29) is 0 Å². The van der Waals surface area contributed by atoms with E-state index in [0.29, 0.717) is 26.4 Å². The molecule has 0 saturated heterocycles. The maximum absolute atomic E-state index is 5.53. The SMILES string of the molecule is CCc1cccc(OCCOCCN)c1. The van der Waals surface area contributed by atoms with Crippen LogP contribution in [0, 0.1) is 0 Å². The fourth-order valence-corrected chi connectivity index (χ4v) is 1.26. The van der Waals surface area contributed by atoms with Crippen molar-refractivity contribution in [3.8, 4) is 5.75 Å². The van der Waals surface area contributed by atoms with Crippen LogP contribution in [0.25, 0.3) is 0 Å². The van der Waals surface area contributed by atoms with Crippen LogP contribution in [-0.2, 0) is 11.2 Å². The molecule has 0 bridgehead atoms. The minimum Gasteiger partial charge on any atom is -0.491 e. The molecule has 0 saturated carbocycles. The molecule has 15 heavy (non-hydrogen) atoms. The van der Waals surface area contributed by atoms with E-state index in [1.165, 1.54) is 5.56 Å². The smallest absolute Gasteiger partial charge is 0.119 e. The van der Waals surface area contributed by atoms with Crippen molar-refractivity contribution in [2.45, 2.75) is 13.3 Å². The average Bonchev–Trinajstić information content (AvgIpc) is 2.29. The molecule has 0 radical (unpaired) electrons. The van der Waals surface area contributed by atoms with E-state index in [1.807, 2.05) is 12.1 Å². The molecule has 0 aliphatic rings. The molecule has 0 fully saturated rings. The van der Waals surface area contributed by atoms with E-state index in [0.717, 1.165) is 12.2 Å². The molecule has 3 heteroatoms. The molecule has 84 valence electrons. The molecule has 0 aliphatic heterocycles. The first-order valence-electron chi connectivity index (χ1n) is 5.36. The monoisotopic (exact) mass is 209 g/mol. The van der Waals surface area contributed by atoms with E-state index in [9.17, 15) is 0 Å². The summed E-state index contributed by atoms with van der Waals surface area (Å²) in [4.78, 5) is 0. The summed E-state index contributed by atoms with van der Waals surface area (Å²) < 4.78 is 10.7. The highest BCUT2D eigenvalue weighted by Crippen LogP contribution is 2.13. The molecular weight excluding hydrogens is 190 g/mol. The van der Waals surface area contributed by atoms with Crippen LogP contribution in [0.15, 0.2) is 24.3 Å². The summed E-state index contributed by atoms with van der Waals surface area (Å²) in [6.07, 6.45) is 1.03. The predicted molar refractivity (Wildman–Crippen MR) is 61.2 cm³/mol. The third kappa shape index (κ3) is 4.81. The maximum atomic E-state index is 5.53. The number of rotatable bonds is 7. The highest BCUT2D eigenvalue weighted by Gasteiger charge is 1.95. The number of aryl methyl sites for hydroxylation is 1. The lowest BCUT2D eigenvalue weighted by molar-refractivity contribution is 0.106. The van der Waals surface area contributed by atoms with Crippen molar-refractivity contribution in [2.75, 3.05) is 26.4 Å². The van der Waals surface area contributed by atoms with Crippen LogP contribution in [0.4, 0.5) is 0 Å². The van der Waals surface area contributed by atoms with E-state index in [4.69, 9.17) is 15.2 Å². The third-order valence-electron chi connectivity index (χ3n) is 2.07. The molecule has 0 aromatic heterocycles. The van der Waals surface area contributed by atoms with Crippen LogP contribution >= 0.6 is 0 Å². The van der Waals surface area contributed by atoms with E-state index in [1.54, 1.807) is 0 Å². The quantitative estimate of drug-likeness (QED) is 0.694. The molecular formula is C12H19NO2. The van der Waals surface area contributed by atoms with Gasteiger partial charge in [0.25, 0.3) is 0 Å². The zero-order valence-corrected chi connectivity index (χ0v) is 9.24. The van der Waals surface area contributed by atoms with Gasteiger partial charge in [-0.3, -0.25) is 0 Å². The zero-order valence-electron chi connectivity index (χ0n) is 9.24. The van der Waals surface area contributed by atoms with Gasteiger partial charge in [0, 0.05) is 6.54 Å². The van der Waals surface area contributed by atoms with Gasteiger partial charge in [-0.25, -0.2) is 0 Å². The van der Waals surface area contributed by atoms with E-state index >= 15 is 0 Å². The Hall–Kier alpha value is -1.06. The van der Waals surface area contributed by atoms with Crippen molar-refractivity contribution in [1.82, 2.24) is 0 Å². The van der Waals surface area contributed by atoms with Gasteiger partial charge in [-0.15, -0.1) is 0 Å². The predicted octanol–water partition coefficient (Wildman–Crippen LogP) is 1.60. The molecule has 0 unspecified atom stereocenters. The molecule has 2 N–H and O–H groups in total. The standard InChI is InChI=1S/C12H19NO2/c1-2-11-4-3-5-12(10-11)15-9-8-14-7-6-13/h3-5,10H,2,6-9,13H2,1H3. The first-order valence-corrected chi connectivity index (χ1v) is 5.36. The number of ether oxygens (including phenoxy) is 2. The van der Waals surface area contributed by atoms with Crippen molar-refractivity contribution >= 4 is 0 Å². The van der Waals surface area contributed by atoms with E-state index in [2.05, 4.69) is 19.1 Å². The van der Waals surface area contributed by atoms with E-state index < -0.39 is 0 Å². The topological polar surface area (TPSA) is 44.5 Å². The molecule has 1 aromatic carbocycles. The van der Waals surface area contributed by atoms with Crippen LogP contribution in [0.3, 0.4) is 0 Å². The van der Waals surface area contributed by atoms with Gasteiger partial charge < -0.3 is 15.2 Å². The molecule has 0 aliphatic carbocycles. The Balaban J connectivity index is 2.24. The minimum atomic E-state index is 0.561. The molecule has 0 amide bonds.